The molecule has 0 bridgehead atoms. The molecule has 0 atom stereocenters. The van der Waals surface area contributed by atoms with Gasteiger partial charge in [0.2, 0.25) is 0 Å². The maximum Gasteiger partial charge on any atom is -0.0185 e. The van der Waals surface area contributed by atoms with Gasteiger partial charge in [0, 0.05) is 0 Å². The molecule has 0 aliphatic carbocycles. The highest BCUT2D eigenvalue weighted by Crippen LogP contribution is 2.43. The molecule has 0 aromatic heterocycles. The van der Waals surface area contributed by atoms with E-state index < -0.39 is 0 Å². The first kappa shape index (κ1) is 12.0. The second-order valence-electron chi connectivity index (χ2n) is 3.55. The molecule has 0 fully saturated rings. The lowest BCUT2D eigenvalue weighted by molar-refractivity contribution is 0.262. The predicted octanol–water partition coefficient (Wildman–Crippen LogP) is 4.41. The second-order valence-corrected chi connectivity index (χ2v) is 3.55. The highest BCUT2D eigenvalue weighted by atomic mass is 14.4. The molecule has 0 nitrogen and oxygen atoms in total. The van der Waals surface area contributed by atoms with E-state index in [1.165, 1.54) is 25.7 Å². The second kappa shape index (κ2) is 5.61. The number of rotatable bonds is 6. The first-order valence-electron chi connectivity index (χ1n) is 5.35. The van der Waals surface area contributed by atoms with Crippen molar-refractivity contribution < 1.29 is 0 Å². The topological polar surface area (TPSA) is 0 Å². The molecule has 0 N–H and O–H groups in total. The molecule has 0 saturated carbocycles. The minimum absolute atomic E-state index is 0.448. The zero-order valence-electron chi connectivity index (χ0n) is 9.24. The first-order valence-corrected chi connectivity index (χ1v) is 5.35. The van der Waals surface area contributed by atoms with Crippen LogP contribution in [0, 0.1) is 18.3 Å². The van der Waals surface area contributed by atoms with Crippen LogP contribution in [0.2, 0.25) is 0 Å². The third kappa shape index (κ3) is 2.24. The molecule has 0 spiro atoms. The van der Waals surface area contributed by atoms with E-state index in [4.69, 9.17) is 0 Å². The molecule has 0 unspecified atom stereocenters. The van der Waals surface area contributed by atoms with Gasteiger partial charge in [-0.2, -0.15) is 0 Å². The fourth-order valence-electron chi connectivity index (χ4n) is 2.28. The standard InChI is InChI=1S/C12H24/c1-6-11(7-2)12(8-3,9-4)10-5/h3,6-10H2,1-2,4-5H3. The van der Waals surface area contributed by atoms with Crippen LogP contribution in [0.5, 0.6) is 0 Å². The van der Waals surface area contributed by atoms with Gasteiger partial charge >= 0.3 is 0 Å². The molecule has 0 heteroatoms. The lowest BCUT2D eigenvalue weighted by Gasteiger charge is -2.37. The van der Waals surface area contributed by atoms with Crippen LogP contribution in [0.15, 0.2) is 0 Å². The summed E-state index contributed by atoms with van der Waals surface area (Å²) in [4.78, 5) is 0. The van der Waals surface area contributed by atoms with E-state index in [1.54, 1.807) is 5.92 Å². The average molecular weight is 168 g/mol. The Labute approximate surface area is 78.8 Å². The van der Waals surface area contributed by atoms with Gasteiger partial charge in [-0.25, -0.2) is 0 Å². The Balaban J connectivity index is 4.42. The van der Waals surface area contributed by atoms with Crippen LogP contribution in [0.4, 0.5) is 0 Å². The van der Waals surface area contributed by atoms with Crippen molar-refractivity contribution in [2.45, 2.75) is 59.8 Å². The van der Waals surface area contributed by atoms with Crippen LogP contribution < -0.4 is 0 Å². The summed E-state index contributed by atoms with van der Waals surface area (Å²) in [6, 6.07) is 0. The summed E-state index contributed by atoms with van der Waals surface area (Å²) in [5.74, 6) is 1.71. The Morgan fingerprint density at radius 2 is 1.42 bits per heavy atom. The third-order valence-electron chi connectivity index (χ3n) is 3.44. The van der Waals surface area contributed by atoms with Gasteiger partial charge < -0.3 is 0 Å². The van der Waals surface area contributed by atoms with Crippen LogP contribution in [-0.4, -0.2) is 0 Å². The third-order valence-corrected chi connectivity index (χ3v) is 3.44. The van der Waals surface area contributed by atoms with Crippen molar-refractivity contribution in [1.82, 2.24) is 0 Å². The summed E-state index contributed by atoms with van der Waals surface area (Å²) in [6.45, 7) is 13.2. The monoisotopic (exact) mass is 168 g/mol. The molecule has 0 rings (SSSR count). The van der Waals surface area contributed by atoms with Crippen LogP contribution in [0.3, 0.4) is 0 Å². The minimum Gasteiger partial charge on any atom is -0.0648 e. The van der Waals surface area contributed by atoms with Gasteiger partial charge in [-0.15, -0.1) is 0 Å². The number of hydrogen-bond acceptors (Lipinski definition) is 0. The highest BCUT2D eigenvalue weighted by Gasteiger charge is 2.31. The average Bonchev–Trinajstić information content (AvgIpc) is 2.14. The molecule has 0 aliphatic rings. The Morgan fingerprint density at radius 3 is 1.50 bits per heavy atom. The SMILES string of the molecule is [CH2]CC(CC)(CC)[C](CC)CC. The zero-order valence-corrected chi connectivity index (χ0v) is 9.24. The summed E-state index contributed by atoms with van der Waals surface area (Å²) >= 11 is 0. The van der Waals surface area contributed by atoms with Crippen LogP contribution in [0.1, 0.15) is 59.8 Å². The van der Waals surface area contributed by atoms with E-state index in [-0.39, 0.29) is 0 Å². The van der Waals surface area contributed by atoms with E-state index in [0.29, 0.717) is 5.41 Å². The molecule has 0 saturated heterocycles. The summed E-state index contributed by atoms with van der Waals surface area (Å²) in [5, 5.41) is 0. The first-order chi connectivity index (χ1) is 5.70. The van der Waals surface area contributed by atoms with Gasteiger partial charge in [-0.1, -0.05) is 34.6 Å². The smallest absolute Gasteiger partial charge is 0.0185 e. The van der Waals surface area contributed by atoms with E-state index in [9.17, 15) is 0 Å². The minimum atomic E-state index is 0.448. The van der Waals surface area contributed by atoms with Gasteiger partial charge in [-0.3, -0.25) is 0 Å². The Kier molecular flexibility index (Phi) is 5.61. The molecular formula is C12H24. The summed E-state index contributed by atoms with van der Waals surface area (Å²) in [5.41, 5.74) is 0.448. The molecule has 0 aromatic carbocycles. The molecule has 0 aliphatic heterocycles. The van der Waals surface area contributed by atoms with Crippen molar-refractivity contribution in [2.24, 2.45) is 5.41 Å². The van der Waals surface area contributed by atoms with E-state index in [0.717, 1.165) is 6.42 Å². The molecule has 0 heterocycles. The van der Waals surface area contributed by atoms with Crippen molar-refractivity contribution in [3.8, 4) is 0 Å². The zero-order chi connectivity index (χ0) is 9.61. The van der Waals surface area contributed by atoms with Crippen molar-refractivity contribution in [2.75, 3.05) is 0 Å². The van der Waals surface area contributed by atoms with Crippen LogP contribution in [-0.2, 0) is 0 Å². The van der Waals surface area contributed by atoms with Crippen molar-refractivity contribution in [1.29, 1.82) is 0 Å². The van der Waals surface area contributed by atoms with E-state index >= 15 is 0 Å². The van der Waals surface area contributed by atoms with E-state index in [2.05, 4.69) is 34.6 Å². The molecular weight excluding hydrogens is 144 g/mol. The summed E-state index contributed by atoms with van der Waals surface area (Å²) in [7, 11) is 0. The lowest BCUT2D eigenvalue weighted by Crippen LogP contribution is -2.26. The van der Waals surface area contributed by atoms with Crippen molar-refractivity contribution in [3.63, 3.8) is 0 Å². The van der Waals surface area contributed by atoms with Gasteiger partial charge in [0.05, 0.1) is 0 Å². The molecule has 12 heavy (non-hydrogen) atoms. The molecule has 0 amide bonds. The van der Waals surface area contributed by atoms with Gasteiger partial charge in [-0.05, 0) is 43.4 Å². The van der Waals surface area contributed by atoms with Crippen LogP contribution in [0.25, 0.3) is 0 Å². The summed E-state index contributed by atoms with van der Waals surface area (Å²) < 4.78 is 0. The highest BCUT2D eigenvalue weighted by molar-refractivity contribution is 5.04. The van der Waals surface area contributed by atoms with Gasteiger partial charge in [0.25, 0.3) is 0 Å². The Morgan fingerprint density at radius 1 is 1.00 bits per heavy atom. The van der Waals surface area contributed by atoms with Crippen molar-refractivity contribution in [3.05, 3.63) is 12.8 Å². The normalized spacial score (nSPS) is 12.5. The quantitative estimate of drug-likeness (QED) is 0.551. The van der Waals surface area contributed by atoms with Crippen LogP contribution >= 0.6 is 0 Å². The number of hydrogen-bond donors (Lipinski definition) is 0. The fourth-order valence-corrected chi connectivity index (χ4v) is 2.28. The maximum atomic E-state index is 4.10. The molecule has 0 aromatic rings. The lowest BCUT2D eigenvalue weighted by atomic mass is 9.67. The summed E-state index contributed by atoms with van der Waals surface area (Å²) in [6.07, 6.45) is 6.03. The van der Waals surface area contributed by atoms with Gasteiger partial charge in [0.15, 0.2) is 0 Å². The Bertz CT molecular complexity index is 88.3. The van der Waals surface area contributed by atoms with Gasteiger partial charge in [0.1, 0.15) is 0 Å². The van der Waals surface area contributed by atoms with Crippen molar-refractivity contribution >= 4 is 0 Å². The largest absolute Gasteiger partial charge is 0.0648 e. The predicted molar refractivity (Wildman–Crippen MR) is 56.8 cm³/mol. The van der Waals surface area contributed by atoms with E-state index in [1.807, 2.05) is 0 Å². The maximum absolute atomic E-state index is 4.10. The Hall–Kier alpha value is 0. The molecule has 2 radical (unpaired) electrons. The molecule has 72 valence electrons. The fraction of sp³-hybridized carbons (Fsp3) is 0.833.